The van der Waals surface area contributed by atoms with E-state index in [9.17, 15) is 0 Å². The Morgan fingerprint density at radius 2 is 2.27 bits per heavy atom. The quantitative estimate of drug-likeness (QED) is 0.846. The number of hydrogen-bond donors (Lipinski definition) is 1. The molecule has 2 nitrogen and oxygen atoms in total. The zero-order valence-corrected chi connectivity index (χ0v) is 9.50. The van der Waals surface area contributed by atoms with E-state index in [1.807, 2.05) is 24.4 Å². The number of thiophene rings is 1. The van der Waals surface area contributed by atoms with Crippen molar-refractivity contribution in [2.45, 2.75) is 19.4 Å². The zero-order valence-electron chi connectivity index (χ0n) is 8.68. The maximum atomic E-state index is 4.27. The van der Waals surface area contributed by atoms with Gasteiger partial charge < -0.3 is 5.32 Å². The Morgan fingerprint density at radius 3 is 2.87 bits per heavy atom. The summed E-state index contributed by atoms with van der Waals surface area (Å²) in [6.45, 7) is 2.18. The maximum Gasteiger partial charge on any atom is 0.126 e. The van der Waals surface area contributed by atoms with Crippen LogP contribution in [0.4, 0.5) is 5.82 Å². The van der Waals surface area contributed by atoms with Gasteiger partial charge in [-0.15, -0.1) is 11.3 Å². The first-order chi connectivity index (χ1) is 7.40. The third-order valence-corrected chi connectivity index (χ3v) is 3.27. The van der Waals surface area contributed by atoms with Crippen LogP contribution in [0.15, 0.2) is 41.9 Å². The van der Waals surface area contributed by atoms with E-state index in [1.165, 1.54) is 4.88 Å². The molecule has 0 bridgehead atoms. The van der Waals surface area contributed by atoms with Crippen LogP contribution in [0, 0.1) is 0 Å². The van der Waals surface area contributed by atoms with Crippen molar-refractivity contribution in [3.05, 3.63) is 46.8 Å². The maximum absolute atomic E-state index is 4.27. The second-order valence-corrected chi connectivity index (χ2v) is 4.31. The molecule has 15 heavy (non-hydrogen) atoms. The van der Waals surface area contributed by atoms with E-state index in [4.69, 9.17) is 0 Å². The van der Waals surface area contributed by atoms with Crippen LogP contribution in [0.5, 0.6) is 0 Å². The summed E-state index contributed by atoms with van der Waals surface area (Å²) in [6, 6.07) is 10.5. The summed E-state index contributed by atoms with van der Waals surface area (Å²) in [4.78, 5) is 5.63. The molecule has 0 aromatic carbocycles. The molecule has 0 saturated carbocycles. The van der Waals surface area contributed by atoms with E-state index in [0.29, 0.717) is 6.04 Å². The number of rotatable bonds is 4. The van der Waals surface area contributed by atoms with Gasteiger partial charge in [0, 0.05) is 11.1 Å². The van der Waals surface area contributed by atoms with E-state index in [2.05, 4.69) is 34.7 Å². The minimum atomic E-state index is 0.375. The van der Waals surface area contributed by atoms with Gasteiger partial charge in [0.05, 0.1) is 6.04 Å². The lowest BCUT2D eigenvalue weighted by Crippen LogP contribution is -2.08. The summed E-state index contributed by atoms with van der Waals surface area (Å²) >= 11 is 1.78. The van der Waals surface area contributed by atoms with Crippen molar-refractivity contribution in [3.63, 3.8) is 0 Å². The summed E-state index contributed by atoms with van der Waals surface area (Å²) in [5.74, 6) is 0.942. The van der Waals surface area contributed by atoms with Crippen LogP contribution in [-0.4, -0.2) is 4.98 Å². The molecule has 2 aromatic rings. The Bertz CT molecular complexity index is 383. The summed E-state index contributed by atoms with van der Waals surface area (Å²) in [5, 5.41) is 5.54. The van der Waals surface area contributed by atoms with Crippen molar-refractivity contribution in [2.24, 2.45) is 0 Å². The highest BCUT2D eigenvalue weighted by Gasteiger charge is 2.09. The number of hydrogen-bond acceptors (Lipinski definition) is 3. The Balaban J connectivity index is 2.10. The fourth-order valence-corrected chi connectivity index (χ4v) is 2.35. The molecular formula is C12H14N2S. The largest absolute Gasteiger partial charge is 0.362 e. The SMILES string of the molecule is CCC(Nc1ccccn1)c1cccs1. The molecule has 2 aromatic heterocycles. The summed E-state index contributed by atoms with van der Waals surface area (Å²) < 4.78 is 0. The lowest BCUT2D eigenvalue weighted by Gasteiger charge is -2.15. The molecule has 0 aliphatic heterocycles. The molecule has 0 amide bonds. The van der Waals surface area contributed by atoms with Gasteiger partial charge in [-0.3, -0.25) is 0 Å². The predicted octanol–water partition coefficient (Wildman–Crippen LogP) is 3.71. The van der Waals surface area contributed by atoms with Crippen LogP contribution in [0.1, 0.15) is 24.3 Å². The molecule has 0 spiro atoms. The molecular weight excluding hydrogens is 204 g/mol. The van der Waals surface area contributed by atoms with E-state index >= 15 is 0 Å². The molecule has 2 rings (SSSR count). The van der Waals surface area contributed by atoms with Crippen molar-refractivity contribution in [1.82, 2.24) is 4.98 Å². The first-order valence-electron chi connectivity index (χ1n) is 5.11. The van der Waals surface area contributed by atoms with Crippen molar-refractivity contribution < 1.29 is 0 Å². The van der Waals surface area contributed by atoms with Crippen LogP contribution >= 0.6 is 11.3 Å². The molecule has 1 N–H and O–H groups in total. The average molecular weight is 218 g/mol. The number of nitrogens with zero attached hydrogens (tertiary/aromatic N) is 1. The normalized spacial score (nSPS) is 12.3. The van der Waals surface area contributed by atoms with Gasteiger partial charge in [0.2, 0.25) is 0 Å². The molecule has 0 saturated heterocycles. The van der Waals surface area contributed by atoms with Crippen molar-refractivity contribution in [1.29, 1.82) is 0 Å². The van der Waals surface area contributed by atoms with Crippen molar-refractivity contribution in [3.8, 4) is 0 Å². The van der Waals surface area contributed by atoms with Crippen LogP contribution in [0.2, 0.25) is 0 Å². The number of aromatic nitrogens is 1. The van der Waals surface area contributed by atoms with E-state index in [0.717, 1.165) is 12.2 Å². The summed E-state index contributed by atoms with van der Waals surface area (Å²) in [7, 11) is 0. The zero-order chi connectivity index (χ0) is 10.5. The third-order valence-electron chi connectivity index (χ3n) is 2.28. The van der Waals surface area contributed by atoms with E-state index in [-0.39, 0.29) is 0 Å². The topological polar surface area (TPSA) is 24.9 Å². The molecule has 1 atom stereocenters. The highest BCUT2D eigenvalue weighted by atomic mass is 32.1. The Kier molecular flexibility index (Phi) is 3.35. The molecule has 78 valence electrons. The average Bonchev–Trinajstić information content (AvgIpc) is 2.81. The smallest absolute Gasteiger partial charge is 0.126 e. The summed E-state index contributed by atoms with van der Waals surface area (Å²) in [5.41, 5.74) is 0. The van der Waals surface area contributed by atoms with Gasteiger partial charge in [-0.2, -0.15) is 0 Å². The summed E-state index contributed by atoms with van der Waals surface area (Å²) in [6.07, 6.45) is 2.88. The molecule has 3 heteroatoms. The minimum absolute atomic E-state index is 0.375. The van der Waals surface area contributed by atoms with Crippen LogP contribution in [0.3, 0.4) is 0 Å². The highest BCUT2D eigenvalue weighted by Crippen LogP contribution is 2.24. The predicted molar refractivity (Wildman–Crippen MR) is 65.2 cm³/mol. The number of anilines is 1. The van der Waals surface area contributed by atoms with Gasteiger partial charge in [0.15, 0.2) is 0 Å². The standard InChI is InChI=1S/C12H14N2S/c1-2-10(11-6-5-9-15-11)14-12-7-3-4-8-13-12/h3-10H,2H2,1H3,(H,13,14). The van der Waals surface area contributed by atoms with Gasteiger partial charge in [0.1, 0.15) is 5.82 Å². The monoisotopic (exact) mass is 218 g/mol. The Labute approximate surface area is 94.0 Å². The van der Waals surface area contributed by atoms with Gasteiger partial charge >= 0.3 is 0 Å². The van der Waals surface area contributed by atoms with Crippen LogP contribution < -0.4 is 5.32 Å². The van der Waals surface area contributed by atoms with Crippen molar-refractivity contribution >= 4 is 17.2 Å². The third kappa shape index (κ3) is 2.57. The number of nitrogens with one attached hydrogen (secondary N) is 1. The second kappa shape index (κ2) is 4.94. The highest BCUT2D eigenvalue weighted by molar-refractivity contribution is 7.10. The molecule has 0 radical (unpaired) electrons. The lowest BCUT2D eigenvalue weighted by molar-refractivity contribution is 0.759. The molecule has 1 unspecified atom stereocenters. The van der Waals surface area contributed by atoms with Gasteiger partial charge in [-0.1, -0.05) is 19.1 Å². The van der Waals surface area contributed by atoms with E-state index in [1.54, 1.807) is 11.3 Å². The van der Waals surface area contributed by atoms with Crippen LogP contribution in [-0.2, 0) is 0 Å². The Morgan fingerprint density at radius 1 is 1.33 bits per heavy atom. The van der Waals surface area contributed by atoms with E-state index < -0.39 is 0 Å². The number of pyridine rings is 1. The Hall–Kier alpha value is -1.35. The first-order valence-corrected chi connectivity index (χ1v) is 5.99. The van der Waals surface area contributed by atoms with Gasteiger partial charge in [0.25, 0.3) is 0 Å². The van der Waals surface area contributed by atoms with Gasteiger partial charge in [-0.05, 0) is 30.0 Å². The van der Waals surface area contributed by atoms with Gasteiger partial charge in [-0.25, -0.2) is 4.98 Å². The molecule has 2 heterocycles. The second-order valence-electron chi connectivity index (χ2n) is 3.34. The van der Waals surface area contributed by atoms with Crippen LogP contribution in [0.25, 0.3) is 0 Å². The molecule has 0 aliphatic rings. The molecule has 0 fully saturated rings. The fourth-order valence-electron chi connectivity index (χ4n) is 1.49. The van der Waals surface area contributed by atoms with Crippen molar-refractivity contribution in [2.75, 3.05) is 5.32 Å². The lowest BCUT2D eigenvalue weighted by atomic mass is 10.2. The molecule has 0 aliphatic carbocycles. The first kappa shape index (κ1) is 10.2. The fraction of sp³-hybridized carbons (Fsp3) is 0.250. The minimum Gasteiger partial charge on any atom is -0.362 e.